The van der Waals surface area contributed by atoms with E-state index >= 15 is 0 Å². The predicted octanol–water partition coefficient (Wildman–Crippen LogP) is 1.61. The molecule has 1 atom stereocenters. The fourth-order valence-electron chi connectivity index (χ4n) is 2.64. The molecule has 0 amide bonds. The van der Waals surface area contributed by atoms with Gasteiger partial charge in [-0.1, -0.05) is 6.07 Å². The maximum atomic E-state index is 10.6. The van der Waals surface area contributed by atoms with Gasteiger partial charge in [0.15, 0.2) is 0 Å². The lowest BCUT2D eigenvalue weighted by Crippen LogP contribution is -2.21. The van der Waals surface area contributed by atoms with Crippen molar-refractivity contribution in [1.29, 1.82) is 0 Å². The lowest BCUT2D eigenvalue weighted by molar-refractivity contribution is -0.131. The smallest absolute Gasteiger partial charge is 0.328 e. The Morgan fingerprint density at radius 3 is 2.95 bits per heavy atom. The molecular weight excluding hydrogens is 270 g/mol. The number of hydrogen-bond acceptors (Lipinski definition) is 4. The van der Waals surface area contributed by atoms with Gasteiger partial charge in [-0.2, -0.15) is 0 Å². The molecule has 0 saturated carbocycles. The van der Waals surface area contributed by atoms with Crippen molar-refractivity contribution >= 4 is 12.0 Å². The number of methoxy groups -OCH3 is 1. The van der Waals surface area contributed by atoms with Gasteiger partial charge in [0, 0.05) is 31.3 Å². The molecule has 0 radical (unpaired) electrons. The van der Waals surface area contributed by atoms with Crippen LogP contribution in [0.25, 0.3) is 6.08 Å². The average Bonchev–Trinajstić information content (AvgIpc) is 2.93. The number of carbonyl (C=O) groups is 1. The van der Waals surface area contributed by atoms with Gasteiger partial charge in [-0.3, -0.25) is 4.90 Å². The lowest BCUT2D eigenvalue weighted by Gasteiger charge is -2.18. The molecule has 2 rings (SSSR count). The Bertz CT molecular complexity index is 527. The first kappa shape index (κ1) is 15.5. The highest BCUT2D eigenvalue weighted by molar-refractivity contribution is 5.85. The van der Waals surface area contributed by atoms with Crippen LogP contribution in [0.1, 0.15) is 17.5 Å². The zero-order valence-electron chi connectivity index (χ0n) is 12.2. The summed E-state index contributed by atoms with van der Waals surface area (Å²) >= 11 is 0. The van der Waals surface area contributed by atoms with Crippen LogP contribution in [-0.2, 0) is 11.3 Å². The first-order chi connectivity index (χ1) is 10.1. The number of aliphatic hydroxyl groups is 1. The Kier molecular flexibility index (Phi) is 5.36. The molecule has 1 aliphatic rings. The third-order valence-corrected chi connectivity index (χ3v) is 3.74. The monoisotopic (exact) mass is 291 g/mol. The number of carboxylic acids is 1. The summed E-state index contributed by atoms with van der Waals surface area (Å²) in [5, 5.41) is 17.9. The van der Waals surface area contributed by atoms with Crippen LogP contribution in [0, 0.1) is 5.92 Å². The molecule has 5 heteroatoms. The second-order valence-corrected chi connectivity index (χ2v) is 5.32. The molecule has 1 heterocycles. The molecule has 21 heavy (non-hydrogen) atoms. The van der Waals surface area contributed by atoms with E-state index in [0.29, 0.717) is 5.92 Å². The van der Waals surface area contributed by atoms with Crippen LogP contribution in [0.2, 0.25) is 0 Å². The van der Waals surface area contributed by atoms with Crippen molar-refractivity contribution in [3.63, 3.8) is 0 Å². The number of likely N-dealkylation sites (tertiary alicyclic amines) is 1. The van der Waals surface area contributed by atoms with Crippen molar-refractivity contribution in [3.05, 3.63) is 35.4 Å². The minimum atomic E-state index is -0.960. The van der Waals surface area contributed by atoms with Crippen LogP contribution >= 0.6 is 0 Å². The van der Waals surface area contributed by atoms with E-state index in [0.717, 1.165) is 49.0 Å². The summed E-state index contributed by atoms with van der Waals surface area (Å²) in [6.45, 7) is 2.82. The SMILES string of the molecule is COc1ccc(/C=C/C(=O)O)cc1CN1CCC(CO)C1. The fourth-order valence-corrected chi connectivity index (χ4v) is 2.64. The molecule has 0 spiro atoms. The normalized spacial score (nSPS) is 19.2. The second-order valence-electron chi connectivity index (χ2n) is 5.32. The van der Waals surface area contributed by atoms with Crippen molar-refractivity contribution in [2.45, 2.75) is 13.0 Å². The van der Waals surface area contributed by atoms with Crippen LogP contribution in [0.4, 0.5) is 0 Å². The quantitative estimate of drug-likeness (QED) is 0.779. The number of nitrogens with zero attached hydrogens (tertiary/aromatic N) is 1. The average molecular weight is 291 g/mol. The molecule has 1 fully saturated rings. The van der Waals surface area contributed by atoms with Gasteiger partial charge in [-0.25, -0.2) is 4.79 Å². The van der Waals surface area contributed by atoms with Gasteiger partial charge in [0.2, 0.25) is 0 Å². The van der Waals surface area contributed by atoms with Gasteiger partial charge in [0.25, 0.3) is 0 Å². The molecule has 1 unspecified atom stereocenters. The van der Waals surface area contributed by atoms with Crippen molar-refractivity contribution in [1.82, 2.24) is 4.90 Å². The minimum Gasteiger partial charge on any atom is -0.496 e. The van der Waals surface area contributed by atoms with E-state index in [2.05, 4.69) is 4.90 Å². The summed E-state index contributed by atoms with van der Waals surface area (Å²) in [6, 6.07) is 5.64. The Labute approximate surface area is 124 Å². The number of ether oxygens (including phenoxy) is 1. The minimum absolute atomic E-state index is 0.231. The number of carboxylic acid groups (broad SMARTS) is 1. The van der Waals surface area contributed by atoms with E-state index < -0.39 is 5.97 Å². The fraction of sp³-hybridized carbons (Fsp3) is 0.438. The summed E-state index contributed by atoms with van der Waals surface area (Å²) in [6.07, 6.45) is 3.71. The van der Waals surface area contributed by atoms with Crippen LogP contribution in [-0.4, -0.2) is 47.9 Å². The Morgan fingerprint density at radius 2 is 2.33 bits per heavy atom. The van der Waals surface area contributed by atoms with Gasteiger partial charge in [-0.05, 0) is 42.7 Å². The number of aliphatic hydroxyl groups excluding tert-OH is 1. The number of hydrogen-bond donors (Lipinski definition) is 2. The highest BCUT2D eigenvalue weighted by Gasteiger charge is 2.22. The molecule has 1 aromatic rings. The van der Waals surface area contributed by atoms with E-state index in [9.17, 15) is 9.90 Å². The van der Waals surface area contributed by atoms with Gasteiger partial charge in [0.1, 0.15) is 5.75 Å². The first-order valence-electron chi connectivity index (χ1n) is 7.03. The van der Waals surface area contributed by atoms with E-state index in [-0.39, 0.29) is 6.61 Å². The Morgan fingerprint density at radius 1 is 1.52 bits per heavy atom. The first-order valence-corrected chi connectivity index (χ1v) is 7.03. The Hall–Kier alpha value is -1.85. The van der Waals surface area contributed by atoms with Gasteiger partial charge >= 0.3 is 5.97 Å². The molecule has 0 aromatic heterocycles. The van der Waals surface area contributed by atoms with Crippen LogP contribution in [0.5, 0.6) is 5.75 Å². The molecule has 1 aliphatic heterocycles. The molecule has 114 valence electrons. The number of aliphatic carboxylic acids is 1. The van der Waals surface area contributed by atoms with Crippen molar-refractivity contribution in [2.75, 3.05) is 26.8 Å². The molecular formula is C16H21NO4. The van der Waals surface area contributed by atoms with E-state index in [1.165, 1.54) is 0 Å². The standard InChI is InChI=1S/C16H21NO4/c1-21-15-4-2-12(3-5-16(19)20)8-14(15)10-17-7-6-13(9-17)11-18/h2-5,8,13,18H,6-7,9-11H2,1H3,(H,19,20)/b5-3+. The zero-order chi connectivity index (χ0) is 15.2. The van der Waals surface area contributed by atoms with E-state index in [4.69, 9.17) is 9.84 Å². The predicted molar refractivity (Wildman–Crippen MR) is 80.1 cm³/mol. The third kappa shape index (κ3) is 4.31. The van der Waals surface area contributed by atoms with Gasteiger partial charge in [-0.15, -0.1) is 0 Å². The molecule has 0 bridgehead atoms. The summed E-state index contributed by atoms with van der Waals surface area (Å²) < 4.78 is 5.37. The van der Waals surface area contributed by atoms with Crippen LogP contribution < -0.4 is 4.74 Å². The summed E-state index contributed by atoms with van der Waals surface area (Å²) in [5.41, 5.74) is 1.87. The molecule has 1 aromatic carbocycles. The van der Waals surface area contributed by atoms with Crippen LogP contribution in [0.15, 0.2) is 24.3 Å². The topological polar surface area (TPSA) is 70.0 Å². The highest BCUT2D eigenvalue weighted by atomic mass is 16.5. The number of rotatable bonds is 6. The molecule has 0 aliphatic carbocycles. The third-order valence-electron chi connectivity index (χ3n) is 3.74. The summed E-state index contributed by atoms with van der Waals surface area (Å²) in [7, 11) is 1.63. The largest absolute Gasteiger partial charge is 0.496 e. The van der Waals surface area contributed by atoms with Crippen LogP contribution in [0.3, 0.4) is 0 Å². The zero-order valence-corrected chi connectivity index (χ0v) is 12.2. The maximum Gasteiger partial charge on any atom is 0.328 e. The number of benzene rings is 1. The highest BCUT2D eigenvalue weighted by Crippen LogP contribution is 2.25. The Balaban J connectivity index is 2.12. The molecule has 1 saturated heterocycles. The lowest BCUT2D eigenvalue weighted by atomic mass is 10.1. The summed E-state index contributed by atoms with van der Waals surface area (Å²) in [5.74, 6) is 0.193. The molecule has 2 N–H and O–H groups in total. The van der Waals surface area contributed by atoms with Gasteiger partial charge in [0.05, 0.1) is 7.11 Å². The van der Waals surface area contributed by atoms with Gasteiger partial charge < -0.3 is 14.9 Å². The molecule has 5 nitrogen and oxygen atoms in total. The van der Waals surface area contributed by atoms with Crippen molar-refractivity contribution in [2.24, 2.45) is 5.92 Å². The van der Waals surface area contributed by atoms with Crippen molar-refractivity contribution in [3.8, 4) is 5.75 Å². The van der Waals surface area contributed by atoms with Crippen molar-refractivity contribution < 1.29 is 19.7 Å². The second kappa shape index (κ2) is 7.24. The van der Waals surface area contributed by atoms with E-state index in [1.54, 1.807) is 13.2 Å². The maximum absolute atomic E-state index is 10.6. The summed E-state index contributed by atoms with van der Waals surface area (Å²) in [4.78, 5) is 12.9. The van der Waals surface area contributed by atoms with E-state index in [1.807, 2.05) is 18.2 Å².